The highest BCUT2D eigenvalue weighted by Gasteiger charge is 2.46. The summed E-state index contributed by atoms with van der Waals surface area (Å²) < 4.78 is 10.6. The molecule has 1 N–H and O–H groups in total. The number of hydrogen-bond acceptors (Lipinski definition) is 5. The van der Waals surface area contributed by atoms with Gasteiger partial charge in [0.15, 0.2) is 0 Å². The van der Waals surface area contributed by atoms with Crippen LogP contribution in [0.4, 0.5) is 16.2 Å². The molecule has 0 unspecified atom stereocenters. The Hall–Kier alpha value is -3.55. The average molecular weight is 440 g/mol. The van der Waals surface area contributed by atoms with E-state index < -0.39 is 18.0 Å². The summed E-state index contributed by atoms with van der Waals surface area (Å²) in [5.74, 6) is 0.607. The molecule has 1 atom stereocenters. The number of imide groups is 1. The van der Waals surface area contributed by atoms with Crippen LogP contribution in [0.3, 0.4) is 0 Å². The first-order valence-corrected chi connectivity index (χ1v) is 10.6. The lowest BCUT2D eigenvalue weighted by Crippen LogP contribution is -2.40. The molecule has 2 aromatic carbocycles. The number of benzene rings is 2. The van der Waals surface area contributed by atoms with Crippen molar-refractivity contribution in [2.24, 2.45) is 5.92 Å². The van der Waals surface area contributed by atoms with Crippen molar-refractivity contribution >= 4 is 29.2 Å². The number of carbonyl (C=O) groups excluding carboxylic acids is 3. The molecule has 1 saturated heterocycles. The molecule has 1 aliphatic rings. The number of rotatable bonds is 9. The summed E-state index contributed by atoms with van der Waals surface area (Å²) in [6, 6.07) is 12.4. The van der Waals surface area contributed by atoms with Gasteiger partial charge < -0.3 is 19.7 Å². The van der Waals surface area contributed by atoms with Gasteiger partial charge in [-0.2, -0.15) is 0 Å². The van der Waals surface area contributed by atoms with Crippen LogP contribution < -0.4 is 19.7 Å². The Morgan fingerprint density at radius 1 is 1.09 bits per heavy atom. The molecule has 8 nitrogen and oxygen atoms in total. The summed E-state index contributed by atoms with van der Waals surface area (Å²) in [5, 5.41) is 2.80. The molecular formula is C24H29N3O5. The molecule has 0 saturated carbocycles. The SMILES string of the molecule is CCOc1ccc(NC(=O)C[C@H]2C(=O)N(c3cccc(OC)c3)C(=O)N2CC(C)C)cc1. The van der Waals surface area contributed by atoms with Crippen molar-refractivity contribution in [1.82, 2.24) is 4.90 Å². The molecule has 3 rings (SSSR count). The third-order valence-electron chi connectivity index (χ3n) is 5.02. The van der Waals surface area contributed by atoms with E-state index in [1.807, 2.05) is 20.8 Å². The number of hydrogen-bond donors (Lipinski definition) is 1. The molecule has 0 aromatic heterocycles. The van der Waals surface area contributed by atoms with Gasteiger partial charge in [-0.3, -0.25) is 9.59 Å². The molecule has 1 heterocycles. The lowest BCUT2D eigenvalue weighted by atomic mass is 10.1. The molecule has 32 heavy (non-hydrogen) atoms. The third-order valence-corrected chi connectivity index (χ3v) is 5.02. The Kier molecular flexibility index (Phi) is 7.35. The van der Waals surface area contributed by atoms with Gasteiger partial charge in [0.1, 0.15) is 17.5 Å². The van der Waals surface area contributed by atoms with E-state index in [-0.39, 0.29) is 18.2 Å². The van der Waals surface area contributed by atoms with Gasteiger partial charge in [-0.15, -0.1) is 0 Å². The summed E-state index contributed by atoms with van der Waals surface area (Å²) in [6.45, 7) is 6.74. The second kappa shape index (κ2) is 10.2. The first kappa shape index (κ1) is 23.1. The summed E-state index contributed by atoms with van der Waals surface area (Å²) >= 11 is 0. The van der Waals surface area contributed by atoms with E-state index in [4.69, 9.17) is 9.47 Å². The maximum Gasteiger partial charge on any atom is 0.332 e. The lowest BCUT2D eigenvalue weighted by Gasteiger charge is -2.23. The summed E-state index contributed by atoms with van der Waals surface area (Å²) in [6.07, 6.45) is -0.134. The first-order chi connectivity index (χ1) is 15.3. The van der Waals surface area contributed by atoms with Crippen LogP contribution in [0.25, 0.3) is 0 Å². The summed E-state index contributed by atoms with van der Waals surface area (Å²) in [5.41, 5.74) is 1.01. The quantitative estimate of drug-likeness (QED) is 0.599. The largest absolute Gasteiger partial charge is 0.497 e. The van der Waals surface area contributed by atoms with Gasteiger partial charge >= 0.3 is 6.03 Å². The van der Waals surface area contributed by atoms with Crippen molar-refractivity contribution in [1.29, 1.82) is 0 Å². The molecule has 0 radical (unpaired) electrons. The molecule has 0 spiro atoms. The van der Waals surface area contributed by atoms with E-state index in [9.17, 15) is 14.4 Å². The smallest absolute Gasteiger partial charge is 0.332 e. The van der Waals surface area contributed by atoms with E-state index in [2.05, 4.69) is 5.32 Å². The van der Waals surface area contributed by atoms with E-state index >= 15 is 0 Å². The van der Waals surface area contributed by atoms with Crippen molar-refractivity contribution in [3.05, 3.63) is 48.5 Å². The van der Waals surface area contributed by atoms with E-state index in [0.29, 0.717) is 36.0 Å². The van der Waals surface area contributed by atoms with Gasteiger partial charge in [0.2, 0.25) is 5.91 Å². The van der Waals surface area contributed by atoms with E-state index in [0.717, 1.165) is 4.90 Å². The molecular weight excluding hydrogens is 410 g/mol. The van der Waals surface area contributed by atoms with Gasteiger partial charge in [0.05, 0.1) is 25.8 Å². The van der Waals surface area contributed by atoms with Gasteiger partial charge in [-0.25, -0.2) is 9.69 Å². The van der Waals surface area contributed by atoms with Crippen molar-refractivity contribution in [3.63, 3.8) is 0 Å². The minimum absolute atomic E-state index is 0.133. The Labute approximate surface area is 188 Å². The number of urea groups is 1. The van der Waals surface area contributed by atoms with Crippen LogP contribution in [-0.4, -0.2) is 49.0 Å². The predicted octanol–water partition coefficient (Wildman–Crippen LogP) is 3.92. The van der Waals surface area contributed by atoms with Crippen LogP contribution in [0.2, 0.25) is 0 Å². The highest BCUT2D eigenvalue weighted by Crippen LogP contribution is 2.30. The predicted molar refractivity (Wildman–Crippen MR) is 122 cm³/mol. The van der Waals surface area contributed by atoms with Gasteiger partial charge in [-0.05, 0) is 49.2 Å². The fraction of sp³-hybridized carbons (Fsp3) is 0.375. The van der Waals surface area contributed by atoms with Crippen LogP contribution in [0, 0.1) is 5.92 Å². The van der Waals surface area contributed by atoms with Crippen molar-refractivity contribution in [2.75, 3.05) is 30.5 Å². The van der Waals surface area contributed by atoms with Crippen LogP contribution in [0.1, 0.15) is 27.2 Å². The topological polar surface area (TPSA) is 88.2 Å². The number of nitrogens with one attached hydrogen (secondary N) is 1. The lowest BCUT2D eigenvalue weighted by molar-refractivity contribution is -0.124. The molecule has 4 amide bonds. The van der Waals surface area contributed by atoms with Crippen LogP contribution in [-0.2, 0) is 9.59 Å². The summed E-state index contributed by atoms with van der Waals surface area (Å²) in [4.78, 5) is 41.7. The van der Waals surface area contributed by atoms with Gasteiger partial charge in [-0.1, -0.05) is 19.9 Å². The molecule has 2 aromatic rings. The number of nitrogens with zero attached hydrogens (tertiary/aromatic N) is 2. The summed E-state index contributed by atoms with van der Waals surface area (Å²) in [7, 11) is 1.52. The van der Waals surface area contributed by atoms with Crippen molar-refractivity contribution < 1.29 is 23.9 Å². The minimum atomic E-state index is -0.876. The van der Waals surface area contributed by atoms with Crippen LogP contribution in [0.5, 0.6) is 11.5 Å². The second-order valence-electron chi connectivity index (χ2n) is 7.93. The first-order valence-electron chi connectivity index (χ1n) is 10.6. The fourth-order valence-corrected chi connectivity index (χ4v) is 3.61. The maximum atomic E-state index is 13.2. The number of methoxy groups -OCH3 is 1. The zero-order valence-electron chi connectivity index (χ0n) is 18.8. The van der Waals surface area contributed by atoms with E-state index in [1.54, 1.807) is 48.5 Å². The Morgan fingerprint density at radius 3 is 2.44 bits per heavy atom. The van der Waals surface area contributed by atoms with Crippen molar-refractivity contribution in [2.45, 2.75) is 33.2 Å². The molecule has 8 heteroatoms. The molecule has 0 bridgehead atoms. The number of anilines is 2. The average Bonchev–Trinajstić information content (AvgIpc) is 2.99. The van der Waals surface area contributed by atoms with E-state index in [1.165, 1.54) is 12.0 Å². The standard InChI is InChI=1S/C24H29N3O5/c1-5-32-19-11-9-17(10-12-19)25-22(28)14-21-23(29)27(24(30)26(21)15-16(2)3)18-7-6-8-20(13-18)31-4/h6-13,16,21H,5,14-15H2,1-4H3,(H,25,28)/t21-/m0/s1. The molecule has 1 aliphatic heterocycles. The molecule has 0 aliphatic carbocycles. The number of carbonyl (C=O) groups is 3. The molecule has 170 valence electrons. The third kappa shape index (κ3) is 5.19. The maximum absolute atomic E-state index is 13.2. The van der Waals surface area contributed by atoms with Gasteiger partial charge in [0, 0.05) is 18.3 Å². The highest BCUT2D eigenvalue weighted by molar-refractivity contribution is 6.22. The minimum Gasteiger partial charge on any atom is -0.497 e. The van der Waals surface area contributed by atoms with Crippen molar-refractivity contribution in [3.8, 4) is 11.5 Å². The van der Waals surface area contributed by atoms with Gasteiger partial charge in [0.25, 0.3) is 5.91 Å². The second-order valence-corrected chi connectivity index (χ2v) is 7.93. The number of ether oxygens (including phenoxy) is 2. The van der Waals surface area contributed by atoms with Crippen LogP contribution >= 0.6 is 0 Å². The Morgan fingerprint density at radius 2 is 1.81 bits per heavy atom. The monoisotopic (exact) mass is 439 g/mol. The Bertz CT molecular complexity index is 974. The zero-order chi connectivity index (χ0) is 23.3. The highest BCUT2D eigenvalue weighted by atomic mass is 16.5. The van der Waals surface area contributed by atoms with Crippen LogP contribution in [0.15, 0.2) is 48.5 Å². The zero-order valence-corrected chi connectivity index (χ0v) is 18.8. The fourth-order valence-electron chi connectivity index (χ4n) is 3.61. The Balaban J connectivity index is 1.78. The number of amides is 4. The molecule has 1 fully saturated rings. The normalized spacial score (nSPS) is 16.0.